The Bertz CT molecular complexity index is 2250. The number of ether oxygens (including phenoxy) is 6. The highest BCUT2D eigenvalue weighted by atomic mass is 16.8. The van der Waals surface area contributed by atoms with Crippen LogP contribution in [0.3, 0.4) is 0 Å². The van der Waals surface area contributed by atoms with E-state index >= 15 is 0 Å². The van der Waals surface area contributed by atoms with E-state index in [-0.39, 0.29) is 18.9 Å². The Hall–Kier alpha value is -3.55. The van der Waals surface area contributed by atoms with Crippen molar-refractivity contribution in [3.05, 3.63) is 109 Å². The summed E-state index contributed by atoms with van der Waals surface area (Å²) in [4.78, 5) is 13.5. The molecule has 19 heteroatoms. The van der Waals surface area contributed by atoms with Crippen molar-refractivity contribution in [2.24, 2.45) is 0 Å². The van der Waals surface area contributed by atoms with Crippen LogP contribution in [-0.2, 0) is 33.2 Å². The number of hydrogen-bond donors (Lipinski definition) is 12. The number of aliphatic hydroxyl groups excluding tert-OH is 11. The first kappa shape index (κ1) is 91.7. The van der Waals surface area contributed by atoms with Gasteiger partial charge in [0.2, 0.25) is 5.91 Å². The van der Waals surface area contributed by atoms with Gasteiger partial charge in [0.15, 0.2) is 18.9 Å². The molecule has 3 rings (SSSR count). The van der Waals surface area contributed by atoms with Gasteiger partial charge in [0.05, 0.1) is 38.6 Å². The average Bonchev–Trinajstić information content (AvgIpc) is 0.783. The minimum atomic E-state index is -1.98. The van der Waals surface area contributed by atoms with E-state index in [1.165, 1.54) is 122 Å². The van der Waals surface area contributed by atoms with E-state index in [0.29, 0.717) is 12.8 Å². The molecule has 0 bridgehead atoms. The van der Waals surface area contributed by atoms with E-state index in [0.717, 1.165) is 116 Å². The predicted molar refractivity (Wildman–Crippen MR) is 401 cm³/mol. The Morgan fingerprint density at radius 1 is 0.366 bits per heavy atom. The summed E-state index contributed by atoms with van der Waals surface area (Å²) < 4.78 is 34.5. The van der Waals surface area contributed by atoms with Gasteiger partial charge in [-0.2, -0.15) is 0 Å². The fraction of sp³-hybridized carbons (Fsp3) is 0.768. The van der Waals surface area contributed by atoms with Crippen LogP contribution >= 0.6 is 0 Å². The van der Waals surface area contributed by atoms with Crippen molar-refractivity contribution in [2.75, 3.05) is 26.4 Å². The van der Waals surface area contributed by atoms with Gasteiger partial charge in [-0.15, -0.1) is 0 Å². The van der Waals surface area contributed by atoms with Crippen LogP contribution in [0, 0.1) is 0 Å². The molecule has 3 fully saturated rings. The fourth-order valence-electron chi connectivity index (χ4n) is 12.8. The summed E-state index contributed by atoms with van der Waals surface area (Å²) in [5.74, 6) is -0.263. The maximum atomic E-state index is 13.5. The van der Waals surface area contributed by atoms with Crippen molar-refractivity contribution in [2.45, 2.75) is 375 Å². The lowest BCUT2D eigenvalue weighted by Gasteiger charge is -2.48. The normalized spacial score (nSPS) is 26.9. The monoisotopic (exact) mass is 1430 g/mol. The lowest BCUT2D eigenvalue weighted by Crippen LogP contribution is -2.66. The summed E-state index contributed by atoms with van der Waals surface area (Å²) in [5, 5.41) is 121. The van der Waals surface area contributed by atoms with Crippen molar-refractivity contribution in [3.63, 3.8) is 0 Å². The molecular weight excluding hydrogens is 1290 g/mol. The number of nitrogens with one attached hydrogen (secondary N) is 1. The number of rotatable bonds is 61. The van der Waals surface area contributed by atoms with Gasteiger partial charge < -0.3 is 89.9 Å². The van der Waals surface area contributed by atoms with E-state index in [9.17, 15) is 61.0 Å². The molecule has 0 spiro atoms. The molecule has 0 aromatic heterocycles. The van der Waals surface area contributed by atoms with Crippen molar-refractivity contribution in [1.29, 1.82) is 0 Å². The largest absolute Gasteiger partial charge is 0.394 e. The third-order valence-corrected chi connectivity index (χ3v) is 19.1. The summed E-state index contributed by atoms with van der Waals surface area (Å²) in [5.41, 5.74) is 0. The molecule has 3 saturated heterocycles. The molecule has 0 aliphatic carbocycles. The number of unbranched alkanes of at least 4 members (excludes halogenated alkanes) is 27. The second-order valence-corrected chi connectivity index (χ2v) is 27.8. The third-order valence-electron chi connectivity index (χ3n) is 19.1. The molecular formula is C82H141NO18. The summed E-state index contributed by atoms with van der Waals surface area (Å²) in [6.45, 7) is 1.69. The molecule has 0 aromatic carbocycles. The van der Waals surface area contributed by atoms with E-state index in [2.05, 4.69) is 129 Å². The molecule has 17 atom stereocenters. The number of carbonyl (C=O) groups excluding carboxylic acids is 1. The van der Waals surface area contributed by atoms with Gasteiger partial charge in [0.1, 0.15) is 73.2 Å². The van der Waals surface area contributed by atoms with Gasteiger partial charge in [-0.3, -0.25) is 4.79 Å². The number of amides is 1. The van der Waals surface area contributed by atoms with Crippen LogP contribution in [0.15, 0.2) is 109 Å². The van der Waals surface area contributed by atoms with Crippen LogP contribution in [0.1, 0.15) is 271 Å². The summed E-state index contributed by atoms with van der Waals surface area (Å²) in [7, 11) is 0. The Morgan fingerprint density at radius 3 is 1.07 bits per heavy atom. The molecule has 3 heterocycles. The van der Waals surface area contributed by atoms with E-state index in [1.807, 2.05) is 0 Å². The lowest BCUT2D eigenvalue weighted by atomic mass is 9.96. The van der Waals surface area contributed by atoms with E-state index < -0.39 is 124 Å². The van der Waals surface area contributed by atoms with Gasteiger partial charge in [-0.05, 0) is 83.5 Å². The molecule has 582 valence electrons. The maximum absolute atomic E-state index is 13.5. The molecule has 19 nitrogen and oxygen atoms in total. The lowest BCUT2D eigenvalue weighted by molar-refractivity contribution is -0.379. The minimum absolute atomic E-state index is 0.237. The zero-order valence-electron chi connectivity index (χ0n) is 62.1. The minimum Gasteiger partial charge on any atom is -0.394 e. The van der Waals surface area contributed by atoms with Gasteiger partial charge in [-0.1, -0.05) is 290 Å². The number of hydrogen-bond acceptors (Lipinski definition) is 18. The first-order valence-electron chi connectivity index (χ1n) is 39.6. The molecule has 12 N–H and O–H groups in total. The molecule has 3 aliphatic heterocycles. The van der Waals surface area contributed by atoms with Crippen LogP contribution in [0.5, 0.6) is 0 Å². The van der Waals surface area contributed by atoms with Crippen LogP contribution < -0.4 is 5.32 Å². The van der Waals surface area contributed by atoms with E-state index in [4.69, 9.17) is 28.4 Å². The van der Waals surface area contributed by atoms with Gasteiger partial charge in [0.25, 0.3) is 0 Å². The SMILES string of the molecule is CC/C=C\C/C=C\C/C=C\C/C=C\C/C=C\C/C=C\C/C=C\C/C=C\C/C=C\CCCCCCCC(=O)NC(COC1OC(CO)C(OC2OC(CO)C(OC3OC(CO)C(O)C(O)C3O)C(O)C2O)C(O)C1O)C(O)CCCCCCCCCCCCCCCCCCCCCCCCC. The molecule has 0 aromatic rings. The zero-order valence-corrected chi connectivity index (χ0v) is 62.1. The highest BCUT2D eigenvalue weighted by molar-refractivity contribution is 5.76. The van der Waals surface area contributed by atoms with Crippen molar-refractivity contribution in [1.82, 2.24) is 5.32 Å². The Kier molecular flexibility index (Phi) is 55.9. The number of allylic oxidation sites excluding steroid dienone is 18. The van der Waals surface area contributed by atoms with Crippen LogP contribution in [0.4, 0.5) is 0 Å². The second kappa shape index (κ2) is 61.6. The average molecular weight is 1430 g/mol. The van der Waals surface area contributed by atoms with Crippen molar-refractivity contribution in [3.8, 4) is 0 Å². The number of aliphatic hydroxyl groups is 11. The molecule has 0 radical (unpaired) electrons. The Labute approximate surface area is 608 Å². The topological polar surface area (TPSA) is 307 Å². The first-order valence-corrected chi connectivity index (χ1v) is 39.6. The van der Waals surface area contributed by atoms with Crippen LogP contribution in [0.25, 0.3) is 0 Å². The molecule has 1 amide bonds. The first-order chi connectivity index (χ1) is 49.3. The fourth-order valence-corrected chi connectivity index (χ4v) is 12.8. The third kappa shape index (κ3) is 41.8. The van der Waals surface area contributed by atoms with Gasteiger partial charge in [0, 0.05) is 6.42 Å². The highest BCUT2D eigenvalue weighted by Gasteiger charge is 2.54. The standard InChI is InChI=1S/C82H141NO18/c1-3-5-7-9-11-13-15-17-19-21-23-25-27-28-29-30-31-32-33-34-35-36-38-40-42-44-46-48-50-52-54-56-58-60-70(88)83-65(66(87)59-57-55-53-51-49-47-45-43-41-39-37-26-24-22-20-18-16-14-12-10-8-6-4-2)64-96-80-76(94)73(91)78(68(62-85)98-80)101-82-77(95)74(92)79(69(63-86)99-82)100-81-75(93)72(90)71(89)67(61-84)97-81/h5,7,11,13,17,19,23,25,28-29,31-32,34-35,38,40,44,46,65-69,71-82,84-87,89-95H,3-4,6,8-10,12,14-16,18,20-22,24,26-27,30,33,36-37,39,41-43,45,47-64H2,1-2H3,(H,83,88)/b7-5-,13-11-,19-17-,25-23-,29-28-,32-31-,35-34-,40-38-,46-44-. The quantitative estimate of drug-likeness (QED) is 0.0199. The van der Waals surface area contributed by atoms with Gasteiger partial charge >= 0.3 is 0 Å². The molecule has 17 unspecified atom stereocenters. The smallest absolute Gasteiger partial charge is 0.220 e. The summed E-state index contributed by atoms with van der Waals surface area (Å²) in [6.07, 6.45) is 57.3. The predicted octanol–water partition coefficient (Wildman–Crippen LogP) is 12.9. The van der Waals surface area contributed by atoms with Crippen LogP contribution in [0.2, 0.25) is 0 Å². The molecule has 0 saturated carbocycles. The zero-order chi connectivity index (χ0) is 73.2. The maximum Gasteiger partial charge on any atom is 0.220 e. The summed E-state index contributed by atoms with van der Waals surface area (Å²) >= 11 is 0. The van der Waals surface area contributed by atoms with Crippen molar-refractivity contribution >= 4 is 5.91 Å². The Morgan fingerprint density at radius 2 is 0.683 bits per heavy atom. The van der Waals surface area contributed by atoms with E-state index in [1.54, 1.807) is 0 Å². The molecule has 101 heavy (non-hydrogen) atoms. The highest BCUT2D eigenvalue weighted by Crippen LogP contribution is 2.33. The Balaban J connectivity index is 1.39. The summed E-state index contributed by atoms with van der Waals surface area (Å²) in [6, 6.07) is -0.908. The van der Waals surface area contributed by atoms with Crippen LogP contribution in [-0.4, -0.2) is 193 Å². The molecule has 3 aliphatic rings. The second-order valence-electron chi connectivity index (χ2n) is 27.8. The van der Waals surface area contributed by atoms with Crippen molar-refractivity contribution < 1.29 is 89.4 Å². The van der Waals surface area contributed by atoms with Gasteiger partial charge in [-0.25, -0.2) is 0 Å². The number of carbonyl (C=O) groups is 1.